The number of carbonyl (C=O) groups is 1. The maximum Gasteiger partial charge on any atom is 0.273 e. The standard InChI is InChI=1S/C18H17ClN2O6S/c19-15-2-4-16(5-3-15)28(25,26)12-14-11-13(1-6-17(14)21(23)24)18(22)20-7-9-27-10-8-20/h1-6,11H,7-10,12H2. The van der Waals surface area contributed by atoms with E-state index in [4.69, 9.17) is 16.3 Å². The Balaban J connectivity index is 1.94. The molecule has 10 heteroatoms. The van der Waals surface area contributed by atoms with Crippen molar-refractivity contribution in [1.29, 1.82) is 0 Å². The third-order valence-corrected chi connectivity index (χ3v) is 6.27. The molecular formula is C18H17ClN2O6S. The Labute approximate surface area is 166 Å². The highest BCUT2D eigenvalue weighted by Crippen LogP contribution is 2.26. The number of nitro groups is 1. The predicted octanol–water partition coefficient (Wildman–Crippen LogP) is 2.69. The number of morpholine rings is 1. The maximum absolute atomic E-state index is 12.7. The van der Waals surface area contributed by atoms with Crippen LogP contribution in [-0.2, 0) is 20.3 Å². The summed E-state index contributed by atoms with van der Waals surface area (Å²) < 4.78 is 30.6. The van der Waals surface area contributed by atoms with Crippen molar-refractivity contribution in [3.05, 3.63) is 68.7 Å². The number of nitro benzene ring substituents is 1. The van der Waals surface area contributed by atoms with Crippen LogP contribution in [-0.4, -0.2) is 50.5 Å². The van der Waals surface area contributed by atoms with Gasteiger partial charge in [-0.1, -0.05) is 11.6 Å². The molecule has 148 valence electrons. The monoisotopic (exact) mass is 424 g/mol. The number of ether oxygens (including phenoxy) is 1. The summed E-state index contributed by atoms with van der Waals surface area (Å²) in [5.41, 5.74) is -0.191. The first-order valence-electron chi connectivity index (χ1n) is 8.40. The molecule has 0 N–H and O–H groups in total. The van der Waals surface area contributed by atoms with Crippen molar-refractivity contribution in [1.82, 2.24) is 4.90 Å². The second-order valence-corrected chi connectivity index (χ2v) is 8.64. The van der Waals surface area contributed by atoms with Gasteiger partial charge in [0.25, 0.3) is 11.6 Å². The van der Waals surface area contributed by atoms with E-state index in [1.165, 1.54) is 42.5 Å². The number of halogens is 1. The molecule has 0 aromatic heterocycles. The van der Waals surface area contributed by atoms with E-state index in [1.54, 1.807) is 4.90 Å². The lowest BCUT2D eigenvalue weighted by Crippen LogP contribution is -2.40. The molecule has 2 aromatic rings. The molecule has 0 bridgehead atoms. The molecule has 1 saturated heterocycles. The lowest BCUT2D eigenvalue weighted by Gasteiger charge is -2.27. The first-order chi connectivity index (χ1) is 13.3. The Morgan fingerprint density at radius 3 is 2.39 bits per heavy atom. The van der Waals surface area contributed by atoms with Crippen LogP contribution >= 0.6 is 11.6 Å². The van der Waals surface area contributed by atoms with Gasteiger partial charge in [0.1, 0.15) is 0 Å². The van der Waals surface area contributed by atoms with Gasteiger partial charge in [-0.2, -0.15) is 0 Å². The summed E-state index contributed by atoms with van der Waals surface area (Å²) in [7, 11) is -3.86. The van der Waals surface area contributed by atoms with Gasteiger partial charge < -0.3 is 9.64 Å². The summed E-state index contributed by atoms with van der Waals surface area (Å²) >= 11 is 5.78. The Hall–Kier alpha value is -2.49. The number of benzene rings is 2. The van der Waals surface area contributed by atoms with E-state index in [9.17, 15) is 23.3 Å². The quantitative estimate of drug-likeness (QED) is 0.539. The normalized spacial score (nSPS) is 14.7. The van der Waals surface area contributed by atoms with Crippen molar-refractivity contribution >= 4 is 33.0 Å². The number of sulfone groups is 1. The van der Waals surface area contributed by atoms with Gasteiger partial charge in [-0.05, 0) is 36.4 Å². The zero-order chi connectivity index (χ0) is 20.3. The van der Waals surface area contributed by atoms with Crippen molar-refractivity contribution in [2.24, 2.45) is 0 Å². The van der Waals surface area contributed by atoms with Gasteiger partial charge in [0.05, 0.1) is 28.8 Å². The number of hydrogen-bond acceptors (Lipinski definition) is 6. The smallest absolute Gasteiger partial charge is 0.273 e. The fraction of sp³-hybridized carbons (Fsp3) is 0.278. The zero-order valence-corrected chi connectivity index (χ0v) is 16.3. The molecule has 0 unspecified atom stereocenters. The van der Waals surface area contributed by atoms with Gasteiger partial charge in [-0.25, -0.2) is 8.42 Å². The van der Waals surface area contributed by atoms with E-state index in [1.807, 2.05) is 0 Å². The molecule has 1 aliphatic rings. The molecule has 1 fully saturated rings. The molecule has 0 atom stereocenters. The first kappa shape index (κ1) is 20.2. The summed E-state index contributed by atoms with van der Waals surface area (Å²) in [6.45, 7) is 1.65. The highest BCUT2D eigenvalue weighted by Gasteiger charge is 2.25. The van der Waals surface area contributed by atoms with Crippen molar-refractivity contribution in [2.45, 2.75) is 10.6 Å². The average Bonchev–Trinajstić information content (AvgIpc) is 2.68. The SMILES string of the molecule is O=C(c1ccc([N+](=O)[O-])c(CS(=O)(=O)c2ccc(Cl)cc2)c1)N1CCOCC1. The summed E-state index contributed by atoms with van der Waals surface area (Å²) in [6, 6.07) is 9.33. The molecular weight excluding hydrogens is 408 g/mol. The van der Waals surface area contributed by atoms with Gasteiger partial charge in [0, 0.05) is 35.3 Å². The number of hydrogen-bond donors (Lipinski definition) is 0. The number of amides is 1. The zero-order valence-electron chi connectivity index (χ0n) is 14.7. The summed E-state index contributed by atoms with van der Waals surface area (Å²) in [6.07, 6.45) is 0. The van der Waals surface area contributed by atoms with Crippen LogP contribution in [0, 0.1) is 10.1 Å². The van der Waals surface area contributed by atoms with Gasteiger partial charge in [0.2, 0.25) is 0 Å². The highest BCUT2D eigenvalue weighted by atomic mass is 35.5. The average molecular weight is 425 g/mol. The molecule has 2 aromatic carbocycles. The molecule has 28 heavy (non-hydrogen) atoms. The van der Waals surface area contributed by atoms with Crippen LogP contribution in [0.15, 0.2) is 47.4 Å². The Morgan fingerprint density at radius 1 is 1.14 bits per heavy atom. The molecule has 0 saturated carbocycles. The van der Waals surface area contributed by atoms with Crippen LogP contribution < -0.4 is 0 Å². The predicted molar refractivity (Wildman–Crippen MR) is 102 cm³/mol. The first-order valence-corrected chi connectivity index (χ1v) is 10.4. The van der Waals surface area contributed by atoms with E-state index in [2.05, 4.69) is 0 Å². The van der Waals surface area contributed by atoms with Crippen LogP contribution in [0.4, 0.5) is 5.69 Å². The Morgan fingerprint density at radius 2 is 1.79 bits per heavy atom. The minimum Gasteiger partial charge on any atom is -0.378 e. The van der Waals surface area contributed by atoms with Crippen LogP contribution in [0.3, 0.4) is 0 Å². The van der Waals surface area contributed by atoms with Crippen LogP contribution in [0.5, 0.6) is 0 Å². The summed E-state index contributed by atoms with van der Waals surface area (Å²) in [5.74, 6) is -0.918. The molecule has 1 heterocycles. The van der Waals surface area contributed by atoms with Gasteiger partial charge in [0.15, 0.2) is 9.84 Å². The highest BCUT2D eigenvalue weighted by molar-refractivity contribution is 7.90. The summed E-state index contributed by atoms with van der Waals surface area (Å²) in [5, 5.41) is 11.7. The number of rotatable bonds is 5. The summed E-state index contributed by atoms with van der Waals surface area (Å²) in [4.78, 5) is 24.9. The third kappa shape index (κ3) is 4.49. The molecule has 1 amide bonds. The second kappa shape index (κ2) is 8.26. The fourth-order valence-electron chi connectivity index (χ4n) is 2.89. The number of nitrogens with zero attached hydrogens (tertiary/aromatic N) is 2. The minimum atomic E-state index is -3.86. The van der Waals surface area contributed by atoms with E-state index >= 15 is 0 Å². The molecule has 0 aliphatic carbocycles. The van der Waals surface area contributed by atoms with E-state index in [-0.39, 0.29) is 27.6 Å². The lowest BCUT2D eigenvalue weighted by molar-refractivity contribution is -0.385. The van der Waals surface area contributed by atoms with Crippen molar-refractivity contribution in [3.63, 3.8) is 0 Å². The van der Waals surface area contributed by atoms with Gasteiger partial charge in [-0.3, -0.25) is 14.9 Å². The van der Waals surface area contributed by atoms with Crippen LogP contribution in [0.1, 0.15) is 15.9 Å². The van der Waals surface area contributed by atoms with Crippen molar-refractivity contribution in [2.75, 3.05) is 26.3 Å². The van der Waals surface area contributed by atoms with Crippen LogP contribution in [0.25, 0.3) is 0 Å². The third-order valence-electron chi connectivity index (χ3n) is 4.34. The van der Waals surface area contributed by atoms with E-state index in [0.717, 1.165) is 0 Å². The minimum absolute atomic E-state index is 0.00360. The van der Waals surface area contributed by atoms with Gasteiger partial charge >= 0.3 is 0 Å². The van der Waals surface area contributed by atoms with Crippen molar-refractivity contribution in [3.8, 4) is 0 Å². The topological polar surface area (TPSA) is 107 Å². The number of carbonyl (C=O) groups excluding carboxylic acids is 1. The Bertz CT molecular complexity index is 1000. The molecule has 0 spiro atoms. The maximum atomic E-state index is 12.7. The van der Waals surface area contributed by atoms with Crippen LogP contribution in [0.2, 0.25) is 5.02 Å². The second-order valence-electron chi connectivity index (χ2n) is 6.22. The molecule has 0 radical (unpaired) electrons. The van der Waals surface area contributed by atoms with Crippen molar-refractivity contribution < 1.29 is 22.9 Å². The molecule has 1 aliphatic heterocycles. The van der Waals surface area contributed by atoms with Gasteiger partial charge in [-0.15, -0.1) is 0 Å². The van der Waals surface area contributed by atoms with E-state index in [0.29, 0.717) is 31.3 Å². The fourth-order valence-corrected chi connectivity index (χ4v) is 4.38. The molecule has 3 rings (SSSR count). The van der Waals surface area contributed by atoms with E-state index < -0.39 is 20.5 Å². The largest absolute Gasteiger partial charge is 0.378 e. The Kier molecular flexibility index (Phi) is 5.97. The molecule has 8 nitrogen and oxygen atoms in total. The lowest BCUT2D eigenvalue weighted by atomic mass is 10.1.